The van der Waals surface area contributed by atoms with Gasteiger partial charge in [-0.1, -0.05) is 31.5 Å². The van der Waals surface area contributed by atoms with Crippen LogP contribution in [0.5, 0.6) is 5.75 Å². The van der Waals surface area contributed by atoms with Crippen LogP contribution in [0.3, 0.4) is 0 Å². The van der Waals surface area contributed by atoms with E-state index < -0.39 is 0 Å². The van der Waals surface area contributed by atoms with Crippen LogP contribution in [0.15, 0.2) is 12.1 Å². The lowest BCUT2D eigenvalue weighted by Gasteiger charge is -2.10. The third kappa shape index (κ3) is 1.48. The van der Waals surface area contributed by atoms with Gasteiger partial charge >= 0.3 is 0 Å². The molecule has 0 atom stereocenters. The number of aromatic hydroxyl groups is 1. The molecule has 0 bridgehead atoms. The first-order valence-corrected chi connectivity index (χ1v) is 4.18. The molecule has 0 aliphatic carbocycles. The van der Waals surface area contributed by atoms with Gasteiger partial charge in [-0.05, 0) is 17.5 Å². The number of rotatable bonds is 1. The van der Waals surface area contributed by atoms with Gasteiger partial charge in [0, 0.05) is 0 Å². The molecule has 0 heterocycles. The second kappa shape index (κ2) is 3.23. The SMILES string of the molecule is CC(C)c1ccc(O)c(N)c1Cl. The number of hydrogen-bond acceptors (Lipinski definition) is 2. The van der Waals surface area contributed by atoms with E-state index in [2.05, 4.69) is 0 Å². The van der Waals surface area contributed by atoms with Gasteiger partial charge in [-0.15, -0.1) is 0 Å². The highest BCUT2D eigenvalue weighted by molar-refractivity contribution is 6.34. The number of phenolic OH excluding ortho intramolecular Hbond substituents is 1. The predicted molar refractivity (Wildman–Crippen MR) is 51.6 cm³/mol. The molecule has 0 fully saturated rings. The van der Waals surface area contributed by atoms with Crippen molar-refractivity contribution in [2.75, 3.05) is 5.73 Å². The number of phenols is 1. The first-order chi connectivity index (χ1) is 5.54. The molecule has 3 heteroatoms. The predicted octanol–water partition coefficient (Wildman–Crippen LogP) is 2.75. The Hall–Kier alpha value is -0.890. The molecule has 0 spiro atoms. The van der Waals surface area contributed by atoms with E-state index in [4.69, 9.17) is 17.3 Å². The third-order valence-electron chi connectivity index (χ3n) is 1.81. The Bertz CT molecular complexity index is 297. The average molecular weight is 186 g/mol. The zero-order chi connectivity index (χ0) is 9.30. The van der Waals surface area contributed by atoms with Crippen LogP contribution in [0.2, 0.25) is 5.02 Å². The molecule has 12 heavy (non-hydrogen) atoms. The summed E-state index contributed by atoms with van der Waals surface area (Å²) in [6.07, 6.45) is 0. The Kier molecular flexibility index (Phi) is 2.48. The van der Waals surface area contributed by atoms with Gasteiger partial charge in [0.2, 0.25) is 0 Å². The molecule has 1 aromatic rings. The van der Waals surface area contributed by atoms with E-state index in [9.17, 15) is 5.11 Å². The molecule has 2 nitrogen and oxygen atoms in total. The Balaban J connectivity index is 3.27. The van der Waals surface area contributed by atoms with Gasteiger partial charge in [-0.3, -0.25) is 0 Å². The van der Waals surface area contributed by atoms with Gasteiger partial charge in [-0.25, -0.2) is 0 Å². The molecule has 1 rings (SSSR count). The van der Waals surface area contributed by atoms with Gasteiger partial charge in [0.25, 0.3) is 0 Å². The number of benzene rings is 1. The van der Waals surface area contributed by atoms with Crippen molar-refractivity contribution in [3.05, 3.63) is 22.7 Å². The zero-order valence-electron chi connectivity index (χ0n) is 7.13. The summed E-state index contributed by atoms with van der Waals surface area (Å²) in [5, 5.41) is 9.66. The molecular weight excluding hydrogens is 174 g/mol. The summed E-state index contributed by atoms with van der Waals surface area (Å²) >= 11 is 5.91. The maximum absolute atomic E-state index is 9.20. The fourth-order valence-electron chi connectivity index (χ4n) is 1.05. The summed E-state index contributed by atoms with van der Waals surface area (Å²) in [5.74, 6) is 0.366. The zero-order valence-corrected chi connectivity index (χ0v) is 7.89. The van der Waals surface area contributed by atoms with Crippen LogP contribution in [0.4, 0.5) is 5.69 Å². The highest BCUT2D eigenvalue weighted by Gasteiger charge is 2.10. The fourth-order valence-corrected chi connectivity index (χ4v) is 1.42. The van der Waals surface area contributed by atoms with Crippen molar-refractivity contribution in [3.8, 4) is 5.75 Å². The van der Waals surface area contributed by atoms with Crippen molar-refractivity contribution in [1.29, 1.82) is 0 Å². The molecule has 0 aliphatic rings. The van der Waals surface area contributed by atoms with Crippen LogP contribution < -0.4 is 5.73 Å². The van der Waals surface area contributed by atoms with Crippen LogP contribution in [0.25, 0.3) is 0 Å². The summed E-state index contributed by atoms with van der Waals surface area (Å²) < 4.78 is 0. The molecule has 1 aromatic carbocycles. The monoisotopic (exact) mass is 185 g/mol. The van der Waals surface area contributed by atoms with Crippen molar-refractivity contribution in [2.45, 2.75) is 19.8 Å². The lowest BCUT2D eigenvalue weighted by atomic mass is 10.0. The molecule has 0 aliphatic heterocycles. The Morgan fingerprint density at radius 1 is 1.42 bits per heavy atom. The van der Waals surface area contributed by atoms with Crippen molar-refractivity contribution >= 4 is 17.3 Å². The highest BCUT2D eigenvalue weighted by atomic mass is 35.5. The standard InChI is InChI=1S/C9H12ClNO/c1-5(2)6-3-4-7(12)9(11)8(6)10/h3-5,12H,11H2,1-2H3. The molecule has 0 saturated carbocycles. The summed E-state index contributed by atoms with van der Waals surface area (Å²) in [6, 6.07) is 3.36. The van der Waals surface area contributed by atoms with E-state index in [1.165, 1.54) is 0 Å². The largest absolute Gasteiger partial charge is 0.506 e. The lowest BCUT2D eigenvalue weighted by Crippen LogP contribution is -1.94. The van der Waals surface area contributed by atoms with Crippen LogP contribution in [-0.4, -0.2) is 5.11 Å². The minimum absolute atomic E-state index is 0.0457. The molecule has 0 radical (unpaired) electrons. The van der Waals surface area contributed by atoms with E-state index in [-0.39, 0.29) is 11.4 Å². The molecule has 0 unspecified atom stereocenters. The van der Waals surface area contributed by atoms with Crippen molar-refractivity contribution in [2.24, 2.45) is 0 Å². The molecule has 0 aromatic heterocycles. The summed E-state index contributed by atoms with van der Waals surface area (Å²) in [7, 11) is 0. The lowest BCUT2D eigenvalue weighted by molar-refractivity contribution is 0.477. The smallest absolute Gasteiger partial charge is 0.140 e. The Labute approximate surface area is 77.0 Å². The van der Waals surface area contributed by atoms with Gasteiger partial charge in [0.15, 0.2) is 0 Å². The minimum atomic E-state index is 0.0457. The van der Waals surface area contributed by atoms with Gasteiger partial charge in [0.1, 0.15) is 5.75 Å². The van der Waals surface area contributed by atoms with Crippen molar-refractivity contribution in [1.82, 2.24) is 0 Å². The van der Waals surface area contributed by atoms with Crippen LogP contribution >= 0.6 is 11.6 Å². The van der Waals surface area contributed by atoms with Crippen LogP contribution in [-0.2, 0) is 0 Å². The molecule has 3 N–H and O–H groups in total. The summed E-state index contributed by atoms with van der Waals surface area (Å²) in [5.41, 5.74) is 6.77. The first-order valence-electron chi connectivity index (χ1n) is 3.81. The summed E-state index contributed by atoms with van der Waals surface area (Å²) in [6.45, 7) is 4.05. The summed E-state index contributed by atoms with van der Waals surface area (Å²) in [4.78, 5) is 0. The fraction of sp³-hybridized carbons (Fsp3) is 0.333. The quantitative estimate of drug-likeness (QED) is 0.522. The third-order valence-corrected chi connectivity index (χ3v) is 2.23. The van der Waals surface area contributed by atoms with Crippen molar-refractivity contribution < 1.29 is 5.11 Å². The average Bonchev–Trinajstić information content (AvgIpc) is 2.00. The molecular formula is C9H12ClNO. The maximum atomic E-state index is 9.20. The molecule has 0 saturated heterocycles. The van der Waals surface area contributed by atoms with E-state index in [1.807, 2.05) is 13.8 Å². The van der Waals surface area contributed by atoms with E-state index >= 15 is 0 Å². The Morgan fingerprint density at radius 3 is 2.50 bits per heavy atom. The van der Waals surface area contributed by atoms with E-state index in [1.54, 1.807) is 12.1 Å². The molecule has 66 valence electrons. The topological polar surface area (TPSA) is 46.2 Å². The number of anilines is 1. The minimum Gasteiger partial charge on any atom is -0.506 e. The van der Waals surface area contributed by atoms with E-state index in [0.29, 0.717) is 10.9 Å². The molecule has 0 amide bonds. The first kappa shape index (κ1) is 9.20. The number of halogens is 1. The van der Waals surface area contributed by atoms with Crippen LogP contribution in [0, 0.1) is 0 Å². The normalized spacial score (nSPS) is 10.7. The second-order valence-electron chi connectivity index (χ2n) is 3.06. The second-order valence-corrected chi connectivity index (χ2v) is 3.43. The number of nitrogens with two attached hydrogens (primary N) is 1. The number of hydrogen-bond donors (Lipinski definition) is 2. The van der Waals surface area contributed by atoms with Crippen LogP contribution in [0.1, 0.15) is 25.3 Å². The van der Waals surface area contributed by atoms with Gasteiger partial charge in [-0.2, -0.15) is 0 Å². The van der Waals surface area contributed by atoms with Gasteiger partial charge < -0.3 is 10.8 Å². The van der Waals surface area contributed by atoms with E-state index in [0.717, 1.165) is 5.56 Å². The number of nitrogen functional groups attached to an aromatic ring is 1. The Morgan fingerprint density at radius 2 is 2.00 bits per heavy atom. The van der Waals surface area contributed by atoms with Crippen molar-refractivity contribution in [3.63, 3.8) is 0 Å². The maximum Gasteiger partial charge on any atom is 0.140 e. The highest BCUT2D eigenvalue weighted by Crippen LogP contribution is 2.34. The van der Waals surface area contributed by atoms with Gasteiger partial charge in [0.05, 0.1) is 10.7 Å².